The van der Waals surface area contributed by atoms with E-state index >= 15 is 0 Å². The highest BCUT2D eigenvalue weighted by Crippen LogP contribution is 2.19. The smallest absolute Gasteiger partial charge is 0.0589 e. The molecule has 0 amide bonds. The number of aliphatic hydroxyl groups excluding tert-OH is 1. The highest BCUT2D eigenvalue weighted by atomic mass is 16.5. The first kappa shape index (κ1) is 11.0. The van der Waals surface area contributed by atoms with E-state index < -0.39 is 0 Å². The summed E-state index contributed by atoms with van der Waals surface area (Å²) in [5.74, 6) is 0.754. The van der Waals surface area contributed by atoms with Gasteiger partial charge in [0.2, 0.25) is 0 Å². The Hall–Kier alpha value is -0.120. The number of methoxy groups -OCH3 is 1. The van der Waals surface area contributed by atoms with Gasteiger partial charge in [-0.1, -0.05) is 0 Å². The Morgan fingerprint density at radius 2 is 2.08 bits per heavy atom. The van der Waals surface area contributed by atoms with Crippen molar-refractivity contribution in [3.8, 4) is 0 Å². The maximum absolute atomic E-state index is 8.79. The van der Waals surface area contributed by atoms with E-state index in [1.165, 1.54) is 25.9 Å². The summed E-state index contributed by atoms with van der Waals surface area (Å²) < 4.78 is 5.04. The monoisotopic (exact) mass is 187 g/mol. The first-order valence-corrected chi connectivity index (χ1v) is 5.19. The molecule has 1 heterocycles. The molecule has 3 heteroatoms. The van der Waals surface area contributed by atoms with Crippen molar-refractivity contribution in [3.05, 3.63) is 0 Å². The second kappa shape index (κ2) is 6.35. The predicted molar refractivity (Wildman–Crippen MR) is 52.7 cm³/mol. The minimum Gasteiger partial charge on any atom is -0.396 e. The van der Waals surface area contributed by atoms with Crippen LogP contribution in [0.5, 0.6) is 0 Å². The van der Waals surface area contributed by atoms with E-state index in [0.717, 1.165) is 25.5 Å². The van der Waals surface area contributed by atoms with Gasteiger partial charge in [-0.05, 0) is 38.3 Å². The standard InChI is InChI=1S/C10H21NO2/c1-13-9-7-11-5-2-10(3-6-11)4-8-12/h10,12H,2-9H2,1H3. The molecule has 0 bridgehead atoms. The number of hydrogen-bond acceptors (Lipinski definition) is 3. The molecular weight excluding hydrogens is 166 g/mol. The van der Waals surface area contributed by atoms with Crippen molar-refractivity contribution in [2.75, 3.05) is 40.0 Å². The van der Waals surface area contributed by atoms with Gasteiger partial charge >= 0.3 is 0 Å². The molecule has 0 unspecified atom stereocenters. The van der Waals surface area contributed by atoms with Gasteiger partial charge in [0.15, 0.2) is 0 Å². The molecule has 78 valence electrons. The average molecular weight is 187 g/mol. The first-order chi connectivity index (χ1) is 6.36. The molecular formula is C10H21NO2. The molecule has 0 atom stereocenters. The van der Waals surface area contributed by atoms with Crippen LogP contribution in [0.2, 0.25) is 0 Å². The highest BCUT2D eigenvalue weighted by molar-refractivity contribution is 4.71. The largest absolute Gasteiger partial charge is 0.396 e. The zero-order valence-electron chi connectivity index (χ0n) is 8.54. The molecule has 0 spiro atoms. The van der Waals surface area contributed by atoms with Gasteiger partial charge in [-0.3, -0.25) is 0 Å². The van der Waals surface area contributed by atoms with Crippen molar-refractivity contribution in [1.82, 2.24) is 4.90 Å². The molecule has 0 aromatic carbocycles. The van der Waals surface area contributed by atoms with E-state index in [0.29, 0.717) is 6.61 Å². The van der Waals surface area contributed by atoms with E-state index in [4.69, 9.17) is 9.84 Å². The van der Waals surface area contributed by atoms with Crippen LogP contribution >= 0.6 is 0 Å². The van der Waals surface area contributed by atoms with E-state index in [1.807, 2.05) is 0 Å². The van der Waals surface area contributed by atoms with Crippen molar-refractivity contribution in [2.45, 2.75) is 19.3 Å². The average Bonchev–Trinajstić information content (AvgIpc) is 2.17. The summed E-state index contributed by atoms with van der Waals surface area (Å²) in [5, 5.41) is 8.79. The van der Waals surface area contributed by atoms with Crippen LogP contribution in [0, 0.1) is 5.92 Å². The van der Waals surface area contributed by atoms with Crippen LogP contribution in [-0.4, -0.2) is 50.0 Å². The number of nitrogens with zero attached hydrogens (tertiary/aromatic N) is 1. The SMILES string of the molecule is COCCN1CCC(CCO)CC1. The summed E-state index contributed by atoms with van der Waals surface area (Å²) in [5.41, 5.74) is 0. The third-order valence-corrected chi connectivity index (χ3v) is 2.86. The zero-order chi connectivity index (χ0) is 9.52. The quantitative estimate of drug-likeness (QED) is 0.688. The van der Waals surface area contributed by atoms with E-state index in [-0.39, 0.29) is 0 Å². The maximum atomic E-state index is 8.79. The Morgan fingerprint density at radius 3 is 2.62 bits per heavy atom. The maximum Gasteiger partial charge on any atom is 0.0589 e. The molecule has 0 aromatic rings. The molecule has 1 aliphatic rings. The van der Waals surface area contributed by atoms with Crippen LogP contribution in [-0.2, 0) is 4.74 Å². The third-order valence-electron chi connectivity index (χ3n) is 2.86. The lowest BCUT2D eigenvalue weighted by Crippen LogP contribution is -2.36. The minimum atomic E-state index is 0.350. The zero-order valence-corrected chi connectivity index (χ0v) is 8.54. The summed E-state index contributed by atoms with van der Waals surface area (Å²) in [7, 11) is 1.75. The second-order valence-electron chi connectivity index (χ2n) is 3.79. The predicted octanol–water partition coefficient (Wildman–Crippen LogP) is 0.727. The fraction of sp³-hybridized carbons (Fsp3) is 1.00. The van der Waals surface area contributed by atoms with Crippen LogP contribution in [0.15, 0.2) is 0 Å². The summed E-state index contributed by atoms with van der Waals surface area (Å²) in [6.07, 6.45) is 3.46. The topological polar surface area (TPSA) is 32.7 Å². The molecule has 1 N–H and O–H groups in total. The van der Waals surface area contributed by atoms with Crippen molar-refractivity contribution >= 4 is 0 Å². The lowest BCUT2D eigenvalue weighted by molar-refractivity contribution is 0.112. The second-order valence-corrected chi connectivity index (χ2v) is 3.79. The molecule has 3 nitrogen and oxygen atoms in total. The van der Waals surface area contributed by atoms with Gasteiger partial charge in [-0.2, -0.15) is 0 Å². The Morgan fingerprint density at radius 1 is 1.38 bits per heavy atom. The normalized spacial score (nSPS) is 20.8. The van der Waals surface area contributed by atoms with Crippen molar-refractivity contribution in [1.29, 1.82) is 0 Å². The van der Waals surface area contributed by atoms with E-state index in [9.17, 15) is 0 Å². The lowest BCUT2D eigenvalue weighted by Gasteiger charge is -2.31. The number of piperidine rings is 1. The van der Waals surface area contributed by atoms with Gasteiger partial charge < -0.3 is 14.7 Å². The molecule has 1 aliphatic heterocycles. The minimum absolute atomic E-state index is 0.350. The fourth-order valence-corrected chi connectivity index (χ4v) is 1.90. The number of likely N-dealkylation sites (tertiary alicyclic amines) is 1. The van der Waals surface area contributed by atoms with Gasteiger partial charge in [0.05, 0.1) is 6.61 Å². The molecule has 0 aromatic heterocycles. The fourth-order valence-electron chi connectivity index (χ4n) is 1.90. The molecule has 1 fully saturated rings. The molecule has 1 rings (SSSR count). The Balaban J connectivity index is 2.08. The number of aliphatic hydroxyl groups is 1. The molecule has 1 saturated heterocycles. The van der Waals surface area contributed by atoms with Crippen molar-refractivity contribution in [3.63, 3.8) is 0 Å². The summed E-state index contributed by atoms with van der Waals surface area (Å²) in [6.45, 7) is 4.60. The van der Waals surface area contributed by atoms with Gasteiger partial charge in [0.25, 0.3) is 0 Å². The van der Waals surface area contributed by atoms with E-state index in [1.54, 1.807) is 7.11 Å². The van der Waals surface area contributed by atoms with Gasteiger partial charge in [0.1, 0.15) is 0 Å². The van der Waals surface area contributed by atoms with Gasteiger partial charge in [0, 0.05) is 20.3 Å². The Labute approximate surface area is 80.7 Å². The van der Waals surface area contributed by atoms with Crippen LogP contribution < -0.4 is 0 Å². The van der Waals surface area contributed by atoms with Crippen LogP contribution in [0.3, 0.4) is 0 Å². The summed E-state index contributed by atoms with van der Waals surface area (Å²) in [4.78, 5) is 2.44. The molecule has 0 radical (unpaired) electrons. The number of ether oxygens (including phenoxy) is 1. The van der Waals surface area contributed by atoms with Crippen LogP contribution in [0.25, 0.3) is 0 Å². The molecule has 0 aliphatic carbocycles. The number of hydrogen-bond donors (Lipinski definition) is 1. The third kappa shape index (κ3) is 4.07. The van der Waals surface area contributed by atoms with Gasteiger partial charge in [-0.15, -0.1) is 0 Å². The van der Waals surface area contributed by atoms with Crippen molar-refractivity contribution in [2.24, 2.45) is 5.92 Å². The van der Waals surface area contributed by atoms with Gasteiger partial charge in [-0.25, -0.2) is 0 Å². The molecule has 13 heavy (non-hydrogen) atoms. The van der Waals surface area contributed by atoms with Crippen LogP contribution in [0.4, 0.5) is 0 Å². The summed E-state index contributed by atoms with van der Waals surface area (Å²) >= 11 is 0. The Bertz CT molecular complexity index is 122. The Kier molecular flexibility index (Phi) is 5.35. The number of rotatable bonds is 5. The molecule has 0 saturated carbocycles. The van der Waals surface area contributed by atoms with E-state index in [2.05, 4.69) is 4.90 Å². The lowest BCUT2D eigenvalue weighted by atomic mass is 9.94. The summed E-state index contributed by atoms with van der Waals surface area (Å²) in [6, 6.07) is 0. The first-order valence-electron chi connectivity index (χ1n) is 5.19. The highest BCUT2D eigenvalue weighted by Gasteiger charge is 2.17. The van der Waals surface area contributed by atoms with Crippen LogP contribution in [0.1, 0.15) is 19.3 Å². The van der Waals surface area contributed by atoms with Crippen molar-refractivity contribution < 1.29 is 9.84 Å².